The number of aliphatic hydroxyl groups excluding tert-OH is 1. The van der Waals surface area contributed by atoms with Gasteiger partial charge < -0.3 is 9.84 Å². The molecule has 1 aromatic rings. The molecular formula is C9H6F6O2. The highest BCUT2D eigenvalue weighted by Crippen LogP contribution is 2.34. The van der Waals surface area contributed by atoms with Crippen LogP contribution >= 0.6 is 0 Å². The number of halogens is 6. The number of hydrogen-bond acceptors (Lipinski definition) is 2. The minimum Gasteiger partial charge on any atom is -0.406 e. The van der Waals surface area contributed by atoms with Gasteiger partial charge in [-0.2, -0.15) is 13.2 Å². The highest BCUT2D eigenvalue weighted by Gasteiger charge is 2.39. The second-order valence-electron chi connectivity index (χ2n) is 3.06. The summed E-state index contributed by atoms with van der Waals surface area (Å²) in [5, 5.41) is 8.82. The quantitative estimate of drug-likeness (QED) is 0.827. The molecule has 0 radical (unpaired) electrons. The van der Waals surface area contributed by atoms with Gasteiger partial charge in [0, 0.05) is 0 Å². The number of ether oxygens (including phenoxy) is 1. The summed E-state index contributed by atoms with van der Waals surface area (Å²) < 4.78 is 75.1. The van der Waals surface area contributed by atoms with Gasteiger partial charge in [-0.1, -0.05) is 12.1 Å². The summed E-state index contributed by atoms with van der Waals surface area (Å²) >= 11 is 0. The molecule has 0 amide bonds. The van der Waals surface area contributed by atoms with E-state index in [4.69, 9.17) is 5.11 Å². The Balaban J connectivity index is 2.94. The standard InChI is InChI=1S/C9H6F6O2/c10-8(11,12)7(16)5-2-1-3-6(4-5)17-9(13,14)15/h1-4,7,16H. The largest absolute Gasteiger partial charge is 0.573 e. The van der Waals surface area contributed by atoms with Crippen molar-refractivity contribution in [3.63, 3.8) is 0 Å². The fourth-order valence-electron chi connectivity index (χ4n) is 1.07. The van der Waals surface area contributed by atoms with Crippen molar-refractivity contribution in [3.05, 3.63) is 29.8 Å². The Bertz CT molecular complexity index is 384. The van der Waals surface area contributed by atoms with Gasteiger partial charge in [-0.25, -0.2) is 0 Å². The monoisotopic (exact) mass is 260 g/mol. The van der Waals surface area contributed by atoms with Crippen molar-refractivity contribution in [2.24, 2.45) is 0 Å². The Morgan fingerprint density at radius 2 is 1.65 bits per heavy atom. The fourth-order valence-corrected chi connectivity index (χ4v) is 1.07. The van der Waals surface area contributed by atoms with Crippen LogP contribution in [0.1, 0.15) is 11.7 Å². The van der Waals surface area contributed by atoms with E-state index in [-0.39, 0.29) is 0 Å². The van der Waals surface area contributed by atoms with Crippen molar-refractivity contribution in [1.82, 2.24) is 0 Å². The predicted octanol–water partition coefficient (Wildman–Crippen LogP) is 3.18. The van der Waals surface area contributed by atoms with Gasteiger partial charge in [-0.15, -0.1) is 13.2 Å². The SMILES string of the molecule is OC(c1cccc(OC(F)(F)F)c1)C(F)(F)F. The molecule has 0 heterocycles. The van der Waals surface area contributed by atoms with Crippen LogP contribution in [0, 0.1) is 0 Å². The molecule has 0 aliphatic rings. The summed E-state index contributed by atoms with van der Waals surface area (Å²) in [6, 6.07) is 3.08. The molecule has 0 bridgehead atoms. The summed E-state index contributed by atoms with van der Waals surface area (Å²) in [7, 11) is 0. The van der Waals surface area contributed by atoms with Crippen LogP contribution < -0.4 is 4.74 Å². The van der Waals surface area contributed by atoms with Crippen LogP contribution in [0.15, 0.2) is 24.3 Å². The van der Waals surface area contributed by atoms with Crippen LogP contribution in [-0.4, -0.2) is 17.6 Å². The van der Waals surface area contributed by atoms with Crippen molar-refractivity contribution < 1.29 is 36.2 Å². The molecule has 96 valence electrons. The average Bonchev–Trinajstić information content (AvgIpc) is 2.12. The lowest BCUT2D eigenvalue weighted by Gasteiger charge is -2.16. The number of alkyl halides is 6. The summed E-state index contributed by atoms with van der Waals surface area (Å²) in [6.45, 7) is 0. The van der Waals surface area contributed by atoms with E-state index in [0.29, 0.717) is 6.07 Å². The van der Waals surface area contributed by atoms with Crippen molar-refractivity contribution in [2.45, 2.75) is 18.6 Å². The van der Waals surface area contributed by atoms with Crippen molar-refractivity contribution in [1.29, 1.82) is 0 Å². The predicted molar refractivity (Wildman–Crippen MR) is 44.1 cm³/mol. The zero-order valence-electron chi connectivity index (χ0n) is 8.01. The molecule has 1 rings (SSSR count). The van der Waals surface area contributed by atoms with Crippen LogP contribution in [0.4, 0.5) is 26.3 Å². The summed E-state index contributed by atoms with van der Waals surface area (Å²) in [5.74, 6) is -0.821. The first-order valence-electron chi connectivity index (χ1n) is 4.20. The molecule has 17 heavy (non-hydrogen) atoms. The second-order valence-corrected chi connectivity index (χ2v) is 3.06. The van der Waals surface area contributed by atoms with E-state index in [1.807, 2.05) is 0 Å². The third-order valence-corrected chi connectivity index (χ3v) is 1.72. The lowest BCUT2D eigenvalue weighted by molar-refractivity contribution is -0.274. The maximum absolute atomic E-state index is 12.1. The number of benzene rings is 1. The smallest absolute Gasteiger partial charge is 0.406 e. The highest BCUT2D eigenvalue weighted by atomic mass is 19.4. The summed E-state index contributed by atoms with van der Waals surface area (Å²) in [5.41, 5.74) is -0.723. The Kier molecular flexibility index (Phi) is 3.56. The fraction of sp³-hybridized carbons (Fsp3) is 0.333. The Morgan fingerprint density at radius 1 is 1.06 bits per heavy atom. The van der Waals surface area contributed by atoms with Crippen LogP contribution in [0.2, 0.25) is 0 Å². The summed E-state index contributed by atoms with van der Waals surface area (Å²) in [6.07, 6.45) is -12.8. The lowest BCUT2D eigenvalue weighted by atomic mass is 10.1. The van der Waals surface area contributed by atoms with E-state index >= 15 is 0 Å². The van der Waals surface area contributed by atoms with Gasteiger partial charge in [0.2, 0.25) is 0 Å². The Hall–Kier alpha value is -1.44. The zero-order valence-corrected chi connectivity index (χ0v) is 8.01. The Morgan fingerprint density at radius 3 is 2.12 bits per heavy atom. The van der Waals surface area contributed by atoms with Crippen molar-refractivity contribution >= 4 is 0 Å². The average molecular weight is 260 g/mol. The molecule has 2 nitrogen and oxygen atoms in total. The molecule has 1 N–H and O–H groups in total. The Labute approximate surface area is 91.4 Å². The first-order valence-corrected chi connectivity index (χ1v) is 4.20. The molecule has 0 saturated carbocycles. The second kappa shape index (κ2) is 4.44. The normalized spacial score (nSPS) is 14.5. The third kappa shape index (κ3) is 4.14. The topological polar surface area (TPSA) is 29.5 Å². The van der Waals surface area contributed by atoms with Gasteiger partial charge in [0.05, 0.1) is 0 Å². The number of rotatable bonds is 2. The molecule has 0 spiro atoms. The molecule has 0 saturated heterocycles. The molecule has 1 atom stereocenters. The molecule has 1 aromatic carbocycles. The molecular weight excluding hydrogens is 254 g/mol. The van der Waals surface area contributed by atoms with Crippen molar-refractivity contribution in [3.8, 4) is 5.75 Å². The van der Waals surface area contributed by atoms with E-state index in [0.717, 1.165) is 18.2 Å². The van der Waals surface area contributed by atoms with Gasteiger partial charge in [0.15, 0.2) is 6.10 Å². The van der Waals surface area contributed by atoms with E-state index < -0.39 is 30.0 Å². The van der Waals surface area contributed by atoms with Gasteiger partial charge in [0.1, 0.15) is 5.75 Å². The van der Waals surface area contributed by atoms with Gasteiger partial charge in [-0.05, 0) is 17.7 Å². The van der Waals surface area contributed by atoms with Gasteiger partial charge in [-0.3, -0.25) is 0 Å². The molecule has 1 unspecified atom stereocenters. The van der Waals surface area contributed by atoms with E-state index in [9.17, 15) is 26.3 Å². The van der Waals surface area contributed by atoms with Crippen LogP contribution in [0.25, 0.3) is 0 Å². The molecule has 8 heteroatoms. The highest BCUT2D eigenvalue weighted by molar-refractivity contribution is 5.30. The molecule has 0 aliphatic carbocycles. The summed E-state index contributed by atoms with van der Waals surface area (Å²) in [4.78, 5) is 0. The van der Waals surface area contributed by atoms with Crippen molar-refractivity contribution in [2.75, 3.05) is 0 Å². The minimum atomic E-state index is -5.00. The maximum Gasteiger partial charge on any atom is 0.573 e. The molecule has 0 fully saturated rings. The first-order chi connectivity index (χ1) is 7.59. The molecule has 0 aromatic heterocycles. The number of aliphatic hydroxyl groups is 1. The van der Waals surface area contributed by atoms with E-state index in [1.54, 1.807) is 0 Å². The maximum atomic E-state index is 12.1. The van der Waals surface area contributed by atoms with Gasteiger partial charge in [0.25, 0.3) is 0 Å². The molecule has 0 aliphatic heterocycles. The lowest BCUT2D eigenvalue weighted by Crippen LogP contribution is -2.21. The van der Waals surface area contributed by atoms with E-state index in [1.165, 1.54) is 0 Å². The van der Waals surface area contributed by atoms with Gasteiger partial charge >= 0.3 is 12.5 Å². The number of hydrogen-bond donors (Lipinski definition) is 1. The third-order valence-electron chi connectivity index (χ3n) is 1.72. The van der Waals surface area contributed by atoms with E-state index in [2.05, 4.69) is 4.74 Å². The minimum absolute atomic E-state index is 0.478. The van der Waals surface area contributed by atoms with Crippen LogP contribution in [0.3, 0.4) is 0 Å². The zero-order chi connectivity index (χ0) is 13.3. The first kappa shape index (κ1) is 13.6. The van der Waals surface area contributed by atoms with Crippen LogP contribution in [0.5, 0.6) is 5.75 Å². The van der Waals surface area contributed by atoms with Crippen LogP contribution in [-0.2, 0) is 0 Å².